The number of rotatable bonds is 7. The van der Waals surface area contributed by atoms with Gasteiger partial charge in [0.05, 0.1) is 4.92 Å². The Balaban J connectivity index is 2.71. The van der Waals surface area contributed by atoms with E-state index in [1.807, 2.05) is 0 Å². The molecule has 116 valence electrons. The molecule has 9 nitrogen and oxygen atoms in total. The summed E-state index contributed by atoms with van der Waals surface area (Å²) in [7, 11) is -3.97. The van der Waals surface area contributed by atoms with Crippen LogP contribution in [0.2, 0.25) is 0 Å². The summed E-state index contributed by atoms with van der Waals surface area (Å²) in [5, 5.41) is 20.4. The fourth-order valence-electron chi connectivity index (χ4n) is 1.63. The Labute approximate surface area is 119 Å². The molecule has 1 rings (SSSR count). The van der Waals surface area contributed by atoms with E-state index < -0.39 is 24.1 Å². The molecule has 4 N–H and O–H groups in total. The average molecular weight is 318 g/mol. The maximum atomic E-state index is 12.0. The van der Waals surface area contributed by atoms with E-state index >= 15 is 0 Å². The Kier molecular flexibility index (Phi) is 5.98. The van der Waals surface area contributed by atoms with E-state index in [0.29, 0.717) is 0 Å². The monoisotopic (exact) mass is 318 g/mol. The van der Waals surface area contributed by atoms with Gasteiger partial charge in [-0.3, -0.25) is 19.5 Å². The highest BCUT2D eigenvalue weighted by molar-refractivity contribution is 7.58. The van der Waals surface area contributed by atoms with E-state index in [-0.39, 0.29) is 30.3 Å². The third-order valence-electron chi connectivity index (χ3n) is 2.78. The fourth-order valence-corrected chi connectivity index (χ4v) is 3.13. The number of hydrogen-bond donors (Lipinski definition) is 3. The number of hydrogen-bond acceptors (Lipinski definition) is 7. The van der Waals surface area contributed by atoms with Crippen LogP contribution in [0.1, 0.15) is 24.3 Å². The number of nitrogens with two attached hydrogens (primary N) is 1. The van der Waals surface area contributed by atoms with Crippen LogP contribution in [-0.4, -0.2) is 27.1 Å². The highest BCUT2D eigenvalue weighted by Gasteiger charge is 2.30. The Morgan fingerprint density at radius 3 is 2.48 bits per heavy atom. The molecule has 0 radical (unpaired) electrons. The molecule has 2 atom stereocenters. The van der Waals surface area contributed by atoms with Crippen LogP contribution in [0.15, 0.2) is 24.3 Å². The number of non-ortho nitro benzene ring substituents is 1. The van der Waals surface area contributed by atoms with Crippen molar-refractivity contribution in [3.8, 4) is 0 Å². The van der Waals surface area contributed by atoms with Gasteiger partial charge in [-0.15, -0.1) is 0 Å². The third kappa shape index (κ3) is 4.91. The predicted molar refractivity (Wildman–Crippen MR) is 72.3 cm³/mol. The molecule has 0 saturated heterocycles. The van der Waals surface area contributed by atoms with Crippen LogP contribution in [-0.2, 0) is 14.2 Å². The number of aliphatic hydroxyl groups is 1. The van der Waals surface area contributed by atoms with Gasteiger partial charge in [0.25, 0.3) is 5.69 Å². The molecule has 0 aliphatic rings. The van der Waals surface area contributed by atoms with Gasteiger partial charge in [0.2, 0.25) is 7.37 Å². The molecule has 1 aromatic rings. The van der Waals surface area contributed by atoms with E-state index in [2.05, 4.69) is 10.7 Å². The number of carbonyl (C=O) groups excluding carboxylic acids is 1. The lowest BCUT2D eigenvalue weighted by molar-refractivity contribution is -0.384. The topological polar surface area (TPSA) is 153 Å². The Morgan fingerprint density at radius 1 is 1.43 bits per heavy atom. The molecule has 0 bridgehead atoms. The summed E-state index contributed by atoms with van der Waals surface area (Å²) in [4.78, 5) is 34.4. The molecule has 1 unspecified atom stereocenters. The first-order chi connectivity index (χ1) is 9.77. The minimum atomic E-state index is -3.97. The molecule has 10 heteroatoms. The fraction of sp³-hybridized carbons (Fsp3) is 0.364. The minimum Gasteiger partial charge on any atom is -0.378 e. The zero-order valence-corrected chi connectivity index (χ0v) is 11.8. The van der Waals surface area contributed by atoms with Crippen molar-refractivity contribution in [2.24, 2.45) is 5.90 Å². The van der Waals surface area contributed by atoms with Gasteiger partial charge >= 0.3 is 5.97 Å². The molecular weight excluding hydrogens is 303 g/mol. The van der Waals surface area contributed by atoms with Crippen molar-refractivity contribution in [1.82, 2.24) is 0 Å². The second-order valence-corrected chi connectivity index (χ2v) is 6.74. The van der Waals surface area contributed by atoms with Crippen molar-refractivity contribution < 1.29 is 29.1 Å². The van der Waals surface area contributed by atoms with Crippen LogP contribution in [0.25, 0.3) is 0 Å². The Morgan fingerprint density at radius 2 is 2.00 bits per heavy atom. The third-order valence-corrected chi connectivity index (χ3v) is 4.79. The second-order valence-electron chi connectivity index (χ2n) is 4.29. The summed E-state index contributed by atoms with van der Waals surface area (Å²) in [6.45, 7) is 0. The largest absolute Gasteiger partial charge is 0.378 e. The van der Waals surface area contributed by atoms with E-state index in [1.165, 1.54) is 12.1 Å². The molecule has 0 fully saturated rings. The number of aliphatic hydroxyl groups excluding tert-OH is 1. The molecule has 0 aromatic heterocycles. The Hall–Kier alpha value is -1.80. The van der Waals surface area contributed by atoms with Crippen LogP contribution in [0.4, 0.5) is 5.69 Å². The lowest BCUT2D eigenvalue weighted by Gasteiger charge is -2.18. The summed E-state index contributed by atoms with van der Waals surface area (Å²) in [6.07, 6.45) is -0.428. The first-order valence-corrected chi connectivity index (χ1v) is 7.83. The van der Waals surface area contributed by atoms with E-state index in [0.717, 1.165) is 12.1 Å². The van der Waals surface area contributed by atoms with Gasteiger partial charge in [-0.05, 0) is 24.1 Å². The minimum absolute atomic E-state index is 0.0217. The van der Waals surface area contributed by atoms with Crippen molar-refractivity contribution in [3.63, 3.8) is 0 Å². The summed E-state index contributed by atoms with van der Waals surface area (Å²) in [5.41, 5.74) is -0.0998. The molecule has 0 saturated carbocycles. The molecule has 0 amide bonds. The molecule has 0 heterocycles. The summed E-state index contributed by atoms with van der Waals surface area (Å²) >= 11 is 0. The SMILES string of the molecule is NOC(=O)CCCP(=O)(O)[C@H](O)c1ccc([N+](=O)[O-])cc1. The average Bonchev–Trinajstić information content (AvgIpc) is 2.46. The number of nitro benzene ring substituents is 1. The molecule has 0 spiro atoms. The highest BCUT2D eigenvalue weighted by Crippen LogP contribution is 2.54. The summed E-state index contributed by atoms with van der Waals surface area (Å²) in [5.74, 6) is 2.23. The van der Waals surface area contributed by atoms with Gasteiger partial charge in [-0.1, -0.05) is 0 Å². The first kappa shape index (κ1) is 17.3. The van der Waals surface area contributed by atoms with Crippen LogP contribution >= 0.6 is 7.37 Å². The van der Waals surface area contributed by atoms with Crippen molar-refractivity contribution in [2.45, 2.75) is 18.7 Å². The maximum Gasteiger partial charge on any atom is 0.324 e. The molecule has 1 aromatic carbocycles. The van der Waals surface area contributed by atoms with Gasteiger partial charge in [-0.2, -0.15) is 5.90 Å². The van der Waals surface area contributed by atoms with Crippen LogP contribution in [0, 0.1) is 10.1 Å². The zero-order valence-electron chi connectivity index (χ0n) is 10.9. The van der Waals surface area contributed by atoms with Gasteiger partial charge in [0, 0.05) is 24.7 Å². The number of carbonyl (C=O) groups is 1. The normalized spacial score (nSPS) is 15.0. The Bertz CT molecular complexity index is 560. The molecular formula is C11H15N2O7P. The highest BCUT2D eigenvalue weighted by atomic mass is 31.2. The first-order valence-electron chi connectivity index (χ1n) is 5.91. The molecule has 21 heavy (non-hydrogen) atoms. The number of benzene rings is 1. The van der Waals surface area contributed by atoms with Crippen molar-refractivity contribution >= 4 is 19.0 Å². The number of nitrogens with zero attached hydrogens (tertiary/aromatic N) is 1. The molecule has 0 aliphatic heterocycles. The zero-order chi connectivity index (χ0) is 16.0. The molecule has 0 aliphatic carbocycles. The lowest BCUT2D eigenvalue weighted by atomic mass is 10.2. The summed E-state index contributed by atoms with van der Waals surface area (Å²) in [6, 6.07) is 4.67. The standard InChI is InChI=1S/C11H15N2O7P/c12-20-10(14)2-1-7-21(18,19)11(15)8-3-5-9(6-4-8)13(16)17/h3-6,11,15H,1-2,7,12H2,(H,18,19)/t11-/m0/s1. The van der Waals surface area contributed by atoms with Crippen LogP contribution < -0.4 is 5.90 Å². The van der Waals surface area contributed by atoms with Crippen LogP contribution in [0.5, 0.6) is 0 Å². The van der Waals surface area contributed by atoms with E-state index in [4.69, 9.17) is 0 Å². The quantitative estimate of drug-likeness (QED) is 0.383. The predicted octanol–water partition coefficient (Wildman–Crippen LogP) is 1.05. The lowest BCUT2D eigenvalue weighted by Crippen LogP contribution is -2.10. The van der Waals surface area contributed by atoms with Crippen molar-refractivity contribution in [1.29, 1.82) is 0 Å². The summed E-state index contributed by atoms with van der Waals surface area (Å²) < 4.78 is 12.0. The number of nitro groups is 1. The van der Waals surface area contributed by atoms with Gasteiger partial charge in [0.1, 0.15) is 0 Å². The van der Waals surface area contributed by atoms with Gasteiger partial charge < -0.3 is 14.8 Å². The van der Waals surface area contributed by atoms with Crippen LogP contribution in [0.3, 0.4) is 0 Å². The van der Waals surface area contributed by atoms with Gasteiger partial charge in [-0.25, -0.2) is 0 Å². The van der Waals surface area contributed by atoms with Gasteiger partial charge in [0.15, 0.2) is 5.85 Å². The maximum absolute atomic E-state index is 12.0. The second kappa shape index (κ2) is 7.28. The van der Waals surface area contributed by atoms with Crippen molar-refractivity contribution in [2.75, 3.05) is 6.16 Å². The smallest absolute Gasteiger partial charge is 0.324 e. The van der Waals surface area contributed by atoms with Crippen molar-refractivity contribution in [3.05, 3.63) is 39.9 Å². The van der Waals surface area contributed by atoms with E-state index in [9.17, 15) is 29.5 Å². The van der Waals surface area contributed by atoms with E-state index in [1.54, 1.807) is 0 Å².